The molecule has 2 N–H and O–H groups in total. The van der Waals surface area contributed by atoms with Crippen molar-refractivity contribution in [2.75, 3.05) is 13.1 Å². The maximum Gasteiger partial charge on any atom is 0.347 e. The van der Waals surface area contributed by atoms with E-state index in [1.54, 1.807) is 4.57 Å². The first-order valence-corrected chi connectivity index (χ1v) is 11.3. The number of nitrogens with one attached hydrogen (secondary N) is 2. The van der Waals surface area contributed by atoms with Crippen LogP contribution in [0.15, 0.2) is 59.5 Å². The number of nitrogens with zero attached hydrogens (tertiary/aromatic N) is 3. The first-order chi connectivity index (χ1) is 15.7. The van der Waals surface area contributed by atoms with Crippen LogP contribution in [0.4, 0.5) is 0 Å². The number of carbonyl (C=O) groups excluding carboxylic acids is 1. The van der Waals surface area contributed by atoms with Crippen LogP contribution in [0.5, 0.6) is 0 Å². The van der Waals surface area contributed by atoms with Crippen LogP contribution >= 0.6 is 0 Å². The van der Waals surface area contributed by atoms with E-state index in [2.05, 4.69) is 39.4 Å². The minimum absolute atomic E-state index is 0.231. The van der Waals surface area contributed by atoms with Crippen molar-refractivity contribution in [1.82, 2.24) is 24.6 Å². The first kappa shape index (κ1) is 19.1. The van der Waals surface area contributed by atoms with E-state index in [-0.39, 0.29) is 11.6 Å². The van der Waals surface area contributed by atoms with Crippen molar-refractivity contribution in [3.63, 3.8) is 0 Å². The number of amides is 1. The Balaban J connectivity index is 1.22. The second-order valence-electron chi connectivity index (χ2n) is 9.02. The van der Waals surface area contributed by atoms with E-state index < -0.39 is 0 Å². The van der Waals surface area contributed by atoms with Gasteiger partial charge in [-0.1, -0.05) is 18.2 Å². The van der Waals surface area contributed by atoms with Crippen LogP contribution in [0.1, 0.15) is 25.1 Å². The van der Waals surface area contributed by atoms with E-state index in [0.29, 0.717) is 18.2 Å². The van der Waals surface area contributed by atoms with Gasteiger partial charge in [0.2, 0.25) is 5.91 Å². The number of hydrogen-bond donors (Lipinski definition) is 2. The normalized spacial score (nSPS) is 18.5. The number of rotatable bonds is 5. The fourth-order valence-electron chi connectivity index (χ4n) is 4.81. The van der Waals surface area contributed by atoms with E-state index in [4.69, 9.17) is 0 Å². The van der Waals surface area contributed by atoms with Gasteiger partial charge in [-0.05, 0) is 72.0 Å². The molecule has 2 fully saturated rings. The molecular weight excluding hydrogens is 402 g/mol. The van der Waals surface area contributed by atoms with Gasteiger partial charge in [-0.25, -0.2) is 14.5 Å². The molecule has 1 unspecified atom stereocenters. The minimum atomic E-state index is -0.231. The molecule has 1 saturated carbocycles. The monoisotopic (exact) mass is 427 g/mol. The topological polar surface area (TPSA) is 86.8 Å². The summed E-state index contributed by atoms with van der Waals surface area (Å²) in [5, 5.41) is 8.08. The van der Waals surface area contributed by atoms with Gasteiger partial charge in [0.15, 0.2) is 0 Å². The Morgan fingerprint density at radius 2 is 1.84 bits per heavy atom. The summed E-state index contributed by atoms with van der Waals surface area (Å²) < 4.78 is 1.66. The molecule has 6 rings (SSSR count). The van der Waals surface area contributed by atoms with E-state index in [1.165, 1.54) is 5.39 Å². The molecule has 0 radical (unpaired) electrons. The molecule has 7 nitrogen and oxygen atoms in total. The Morgan fingerprint density at radius 3 is 2.66 bits per heavy atom. The van der Waals surface area contributed by atoms with Gasteiger partial charge in [0.1, 0.15) is 5.82 Å². The number of H-pyrrole nitrogens is 2. The average Bonchev–Trinajstić information content (AvgIpc) is 3.20. The van der Waals surface area contributed by atoms with E-state index in [1.807, 2.05) is 35.4 Å². The van der Waals surface area contributed by atoms with Crippen molar-refractivity contribution in [2.24, 2.45) is 11.8 Å². The number of hydrogen-bond acceptors (Lipinski definition) is 3. The highest BCUT2D eigenvalue weighted by Gasteiger charge is 2.36. The van der Waals surface area contributed by atoms with Crippen LogP contribution < -0.4 is 5.69 Å². The summed E-state index contributed by atoms with van der Waals surface area (Å²) in [7, 11) is 0. The lowest BCUT2D eigenvalue weighted by Crippen LogP contribution is -2.30. The predicted octanol–water partition coefficient (Wildman–Crippen LogP) is 3.51. The maximum absolute atomic E-state index is 12.5. The summed E-state index contributed by atoms with van der Waals surface area (Å²) in [4.78, 5) is 30.1. The van der Waals surface area contributed by atoms with Gasteiger partial charge in [0.05, 0.1) is 5.69 Å². The summed E-state index contributed by atoms with van der Waals surface area (Å²) in [6.07, 6.45) is 5.65. The van der Waals surface area contributed by atoms with Gasteiger partial charge < -0.3 is 9.88 Å². The molecule has 2 aromatic carbocycles. The lowest BCUT2D eigenvalue weighted by Gasteiger charge is -2.16. The largest absolute Gasteiger partial charge is 0.361 e. The highest BCUT2D eigenvalue weighted by atomic mass is 16.2. The van der Waals surface area contributed by atoms with Gasteiger partial charge in [-0.15, -0.1) is 0 Å². The molecule has 1 aliphatic heterocycles. The van der Waals surface area contributed by atoms with Crippen molar-refractivity contribution in [3.05, 3.63) is 71.0 Å². The third kappa shape index (κ3) is 3.43. The van der Waals surface area contributed by atoms with Crippen LogP contribution in [-0.4, -0.2) is 43.6 Å². The van der Waals surface area contributed by atoms with Gasteiger partial charge in [-0.2, -0.15) is 5.10 Å². The molecule has 1 amide bonds. The Hall–Kier alpha value is -3.61. The zero-order chi connectivity index (χ0) is 21.7. The van der Waals surface area contributed by atoms with Crippen molar-refractivity contribution in [2.45, 2.75) is 25.7 Å². The summed E-state index contributed by atoms with van der Waals surface area (Å²) >= 11 is 0. The van der Waals surface area contributed by atoms with Crippen molar-refractivity contribution in [1.29, 1.82) is 0 Å². The molecule has 32 heavy (non-hydrogen) atoms. The van der Waals surface area contributed by atoms with Crippen LogP contribution in [-0.2, 0) is 11.2 Å². The predicted molar refractivity (Wildman–Crippen MR) is 123 cm³/mol. The van der Waals surface area contributed by atoms with E-state index >= 15 is 0 Å². The highest BCUT2D eigenvalue weighted by molar-refractivity contribution is 5.85. The van der Waals surface area contributed by atoms with Crippen molar-refractivity contribution >= 4 is 16.8 Å². The smallest absolute Gasteiger partial charge is 0.347 e. The molecule has 2 aliphatic rings. The summed E-state index contributed by atoms with van der Waals surface area (Å²) in [6.45, 7) is 1.58. The Kier molecular flexibility index (Phi) is 4.48. The third-order valence-electron chi connectivity index (χ3n) is 6.75. The van der Waals surface area contributed by atoms with E-state index in [9.17, 15) is 9.59 Å². The highest BCUT2D eigenvalue weighted by Crippen LogP contribution is 2.33. The quantitative estimate of drug-likeness (QED) is 0.511. The number of aromatic nitrogens is 4. The molecule has 1 atom stereocenters. The summed E-state index contributed by atoms with van der Waals surface area (Å²) in [5.74, 6) is 1.62. The first-order valence-electron chi connectivity index (χ1n) is 11.3. The Bertz CT molecular complexity index is 1340. The zero-order valence-corrected chi connectivity index (χ0v) is 17.8. The molecule has 162 valence electrons. The van der Waals surface area contributed by atoms with Crippen molar-refractivity contribution in [3.8, 4) is 16.8 Å². The standard InChI is InChI=1S/C25H25N5O2/c31-24(18-1-2-18)29-12-10-16(15-29)13-23-27-28-25(32)30(23)21-6-3-17(4-7-21)19-5-8-22-20(14-19)9-11-26-22/h3-9,11,14,16,18,26H,1-2,10,12-13,15H2,(H,28,32). The molecule has 1 aliphatic carbocycles. The molecule has 3 heterocycles. The van der Waals surface area contributed by atoms with Crippen LogP contribution in [0.2, 0.25) is 0 Å². The van der Waals surface area contributed by atoms with Crippen LogP contribution in [0, 0.1) is 11.8 Å². The lowest BCUT2D eigenvalue weighted by atomic mass is 10.0. The minimum Gasteiger partial charge on any atom is -0.361 e. The maximum atomic E-state index is 12.5. The lowest BCUT2D eigenvalue weighted by molar-refractivity contribution is -0.131. The average molecular weight is 428 g/mol. The summed E-state index contributed by atoms with van der Waals surface area (Å²) in [5.41, 5.74) is 3.92. The third-order valence-corrected chi connectivity index (χ3v) is 6.75. The van der Waals surface area contributed by atoms with Gasteiger partial charge in [0, 0.05) is 37.1 Å². The second kappa shape index (κ2) is 7.51. The second-order valence-corrected chi connectivity index (χ2v) is 9.02. The molecular formula is C25H25N5O2. The Labute approximate surface area is 185 Å². The zero-order valence-electron chi connectivity index (χ0n) is 17.8. The molecule has 0 spiro atoms. The number of likely N-dealkylation sites (tertiary alicyclic amines) is 1. The van der Waals surface area contributed by atoms with E-state index in [0.717, 1.165) is 60.5 Å². The Morgan fingerprint density at radius 1 is 1.03 bits per heavy atom. The van der Waals surface area contributed by atoms with Gasteiger partial charge in [0.25, 0.3) is 0 Å². The van der Waals surface area contributed by atoms with Crippen molar-refractivity contribution < 1.29 is 4.79 Å². The summed E-state index contributed by atoms with van der Waals surface area (Å²) in [6, 6.07) is 16.4. The number of aromatic amines is 2. The molecule has 7 heteroatoms. The van der Waals surface area contributed by atoms with Crippen LogP contribution in [0.3, 0.4) is 0 Å². The number of benzene rings is 2. The van der Waals surface area contributed by atoms with Crippen LogP contribution in [0.25, 0.3) is 27.7 Å². The number of fused-ring (bicyclic) bond motifs is 1. The molecule has 1 saturated heterocycles. The fourth-order valence-corrected chi connectivity index (χ4v) is 4.81. The molecule has 2 aromatic heterocycles. The molecule has 0 bridgehead atoms. The molecule has 4 aromatic rings. The number of carbonyl (C=O) groups is 1. The van der Waals surface area contributed by atoms with Gasteiger partial charge >= 0.3 is 5.69 Å². The SMILES string of the molecule is O=C(C1CC1)N1CCC(Cc2n[nH]c(=O)n2-c2ccc(-c3ccc4[nH]ccc4c3)cc2)C1. The fraction of sp³-hybridized carbons (Fsp3) is 0.320. The van der Waals surface area contributed by atoms with Gasteiger partial charge in [-0.3, -0.25) is 4.79 Å².